The summed E-state index contributed by atoms with van der Waals surface area (Å²) in [5.74, 6) is -2.00. The quantitative estimate of drug-likeness (QED) is 0.387. The second kappa shape index (κ2) is 8.78. The van der Waals surface area contributed by atoms with Crippen LogP contribution in [0, 0.1) is 11.6 Å². The Morgan fingerprint density at radius 3 is 2.37 bits per heavy atom. The van der Waals surface area contributed by atoms with Crippen molar-refractivity contribution in [1.82, 2.24) is 4.98 Å². The molecule has 0 saturated heterocycles. The first kappa shape index (κ1) is 21.7. The number of hydrogen-bond acceptors (Lipinski definition) is 2. The number of aliphatic carboxylic acids is 1. The molecule has 0 atom stereocenters. The van der Waals surface area contributed by atoms with E-state index < -0.39 is 17.6 Å². The summed E-state index contributed by atoms with van der Waals surface area (Å²) < 4.78 is 28.2. The molecule has 152 valence electrons. The Morgan fingerprint density at radius 1 is 1.00 bits per heavy atom. The van der Waals surface area contributed by atoms with Gasteiger partial charge in [-0.2, -0.15) is 0 Å². The molecule has 0 bridgehead atoms. The fourth-order valence-electron chi connectivity index (χ4n) is 3.42. The van der Waals surface area contributed by atoms with Crippen molar-refractivity contribution in [3.63, 3.8) is 0 Å². The Bertz CT molecular complexity index is 1240. The monoisotopic (exact) mass is 445 g/mol. The minimum atomic E-state index is -1.09. The van der Waals surface area contributed by atoms with Gasteiger partial charge in [-0.3, -0.25) is 4.79 Å². The molecular formula is C23H15Cl2F2NO2. The van der Waals surface area contributed by atoms with Gasteiger partial charge in [0, 0.05) is 21.5 Å². The molecule has 0 aliphatic carbocycles. The number of rotatable bonds is 4. The molecule has 0 aliphatic rings. The number of carbonyl (C=O) groups is 1. The number of carboxylic acids is 1. The second-order valence-electron chi connectivity index (χ2n) is 6.53. The number of hydrogen-bond donors (Lipinski definition) is 1. The zero-order chi connectivity index (χ0) is 20.5. The van der Waals surface area contributed by atoms with E-state index in [9.17, 15) is 18.7 Å². The molecule has 1 N–H and O–H groups in total. The van der Waals surface area contributed by atoms with Crippen molar-refractivity contribution in [3.8, 4) is 22.4 Å². The SMILES string of the molecule is Cl.O=C(O)Cc1c(-c2ccc(F)cc2)nc2ccc(Cl)cc2c1-c1ccccc1F. The Hall–Kier alpha value is -3.02. The van der Waals surface area contributed by atoms with Crippen LogP contribution in [0.25, 0.3) is 33.3 Å². The summed E-state index contributed by atoms with van der Waals surface area (Å²) in [7, 11) is 0. The van der Waals surface area contributed by atoms with Crippen LogP contribution in [-0.4, -0.2) is 16.1 Å². The van der Waals surface area contributed by atoms with Gasteiger partial charge < -0.3 is 5.11 Å². The van der Waals surface area contributed by atoms with E-state index in [0.717, 1.165) is 0 Å². The van der Waals surface area contributed by atoms with Crippen LogP contribution in [0.1, 0.15) is 5.56 Å². The van der Waals surface area contributed by atoms with Gasteiger partial charge in [0.15, 0.2) is 0 Å². The summed E-state index contributed by atoms with van der Waals surface area (Å²) in [6, 6.07) is 16.7. The summed E-state index contributed by atoms with van der Waals surface area (Å²) in [6.07, 6.45) is -0.383. The maximum absolute atomic E-state index is 14.8. The van der Waals surface area contributed by atoms with Crippen LogP contribution in [0.15, 0.2) is 66.7 Å². The van der Waals surface area contributed by atoms with Crippen LogP contribution in [0.2, 0.25) is 5.02 Å². The number of pyridine rings is 1. The van der Waals surface area contributed by atoms with E-state index >= 15 is 0 Å². The van der Waals surface area contributed by atoms with Gasteiger partial charge in [-0.25, -0.2) is 13.8 Å². The lowest BCUT2D eigenvalue weighted by Crippen LogP contribution is -2.07. The number of fused-ring (bicyclic) bond motifs is 1. The minimum Gasteiger partial charge on any atom is -0.481 e. The van der Waals surface area contributed by atoms with Crippen LogP contribution < -0.4 is 0 Å². The van der Waals surface area contributed by atoms with E-state index in [2.05, 4.69) is 4.98 Å². The van der Waals surface area contributed by atoms with Crippen LogP contribution >= 0.6 is 24.0 Å². The van der Waals surface area contributed by atoms with Gasteiger partial charge in [0.2, 0.25) is 0 Å². The topological polar surface area (TPSA) is 50.2 Å². The van der Waals surface area contributed by atoms with E-state index in [1.165, 1.54) is 30.3 Å². The van der Waals surface area contributed by atoms with Gasteiger partial charge in [-0.15, -0.1) is 12.4 Å². The third-order valence-electron chi connectivity index (χ3n) is 4.64. The van der Waals surface area contributed by atoms with Gasteiger partial charge >= 0.3 is 5.97 Å². The number of carboxylic acid groups (broad SMARTS) is 1. The van der Waals surface area contributed by atoms with E-state index in [1.807, 2.05) is 0 Å². The maximum Gasteiger partial charge on any atom is 0.307 e. The number of aromatic nitrogens is 1. The minimum absolute atomic E-state index is 0. The smallest absolute Gasteiger partial charge is 0.307 e. The van der Waals surface area contributed by atoms with Gasteiger partial charge in [-0.1, -0.05) is 29.8 Å². The molecule has 0 radical (unpaired) electrons. The Kier molecular flexibility index (Phi) is 6.34. The van der Waals surface area contributed by atoms with E-state index in [1.54, 1.807) is 36.4 Å². The maximum atomic E-state index is 14.8. The van der Waals surface area contributed by atoms with Crippen molar-refractivity contribution < 1.29 is 18.7 Å². The summed E-state index contributed by atoms with van der Waals surface area (Å²) in [4.78, 5) is 16.3. The molecule has 4 rings (SSSR count). The molecule has 0 amide bonds. The Balaban J connectivity index is 0.00000256. The average Bonchev–Trinajstić information content (AvgIpc) is 2.69. The Labute approximate surface area is 182 Å². The van der Waals surface area contributed by atoms with Gasteiger partial charge in [0.05, 0.1) is 17.6 Å². The summed E-state index contributed by atoms with van der Waals surface area (Å²) in [5, 5.41) is 10.5. The lowest BCUT2D eigenvalue weighted by atomic mass is 9.90. The van der Waals surface area contributed by atoms with Crippen molar-refractivity contribution in [3.05, 3.63) is 89.0 Å². The third-order valence-corrected chi connectivity index (χ3v) is 4.87. The first-order valence-corrected chi connectivity index (χ1v) is 9.16. The molecule has 3 nitrogen and oxygen atoms in total. The highest BCUT2D eigenvalue weighted by Crippen LogP contribution is 2.39. The van der Waals surface area contributed by atoms with Crippen LogP contribution in [0.4, 0.5) is 8.78 Å². The average molecular weight is 446 g/mol. The summed E-state index contributed by atoms with van der Waals surface area (Å²) in [5.41, 5.74) is 2.43. The molecule has 0 spiro atoms. The molecule has 0 saturated carbocycles. The largest absolute Gasteiger partial charge is 0.481 e. The highest BCUT2D eigenvalue weighted by molar-refractivity contribution is 6.31. The lowest BCUT2D eigenvalue weighted by molar-refractivity contribution is -0.136. The third kappa shape index (κ3) is 4.13. The Morgan fingerprint density at radius 2 is 1.70 bits per heavy atom. The van der Waals surface area contributed by atoms with Gasteiger partial charge in [0.25, 0.3) is 0 Å². The first-order valence-electron chi connectivity index (χ1n) is 8.79. The predicted molar refractivity (Wildman–Crippen MR) is 116 cm³/mol. The first-order chi connectivity index (χ1) is 13.9. The van der Waals surface area contributed by atoms with Crippen molar-refractivity contribution in [2.45, 2.75) is 6.42 Å². The molecule has 30 heavy (non-hydrogen) atoms. The van der Waals surface area contributed by atoms with Crippen molar-refractivity contribution in [1.29, 1.82) is 0 Å². The van der Waals surface area contributed by atoms with E-state index in [-0.39, 0.29) is 24.4 Å². The van der Waals surface area contributed by atoms with Crippen LogP contribution in [0.3, 0.4) is 0 Å². The molecular weight excluding hydrogens is 431 g/mol. The normalized spacial score (nSPS) is 10.6. The van der Waals surface area contributed by atoms with E-state index in [0.29, 0.717) is 38.3 Å². The standard InChI is InChI=1S/C23H14ClF2NO2.ClH/c24-14-7-10-20-17(11-14)22(16-3-1-2-4-19(16)26)18(12-21(28)29)23(27-20)13-5-8-15(25)9-6-13;/h1-11H,12H2,(H,28,29);1H. The molecule has 1 aromatic heterocycles. The van der Waals surface area contributed by atoms with E-state index in [4.69, 9.17) is 11.6 Å². The van der Waals surface area contributed by atoms with Crippen molar-refractivity contribution in [2.75, 3.05) is 0 Å². The second-order valence-corrected chi connectivity index (χ2v) is 6.97. The molecule has 0 unspecified atom stereocenters. The fourth-order valence-corrected chi connectivity index (χ4v) is 3.59. The van der Waals surface area contributed by atoms with Crippen molar-refractivity contribution >= 4 is 40.9 Å². The molecule has 3 aromatic carbocycles. The fraction of sp³-hybridized carbons (Fsp3) is 0.0435. The lowest BCUT2D eigenvalue weighted by Gasteiger charge is -2.17. The van der Waals surface area contributed by atoms with Gasteiger partial charge in [0.1, 0.15) is 11.6 Å². The summed E-state index contributed by atoms with van der Waals surface area (Å²) >= 11 is 6.17. The molecule has 0 aliphatic heterocycles. The highest BCUT2D eigenvalue weighted by atomic mass is 35.5. The van der Waals surface area contributed by atoms with Crippen molar-refractivity contribution in [2.24, 2.45) is 0 Å². The molecule has 0 fully saturated rings. The summed E-state index contributed by atoms with van der Waals surface area (Å²) in [6.45, 7) is 0. The zero-order valence-electron chi connectivity index (χ0n) is 15.4. The van der Waals surface area contributed by atoms with Gasteiger partial charge in [-0.05, 0) is 59.7 Å². The number of benzene rings is 3. The van der Waals surface area contributed by atoms with Crippen LogP contribution in [-0.2, 0) is 11.2 Å². The molecule has 4 aromatic rings. The number of halogens is 4. The van der Waals surface area contributed by atoms with Crippen LogP contribution in [0.5, 0.6) is 0 Å². The predicted octanol–water partition coefficient (Wildman–Crippen LogP) is 6.55. The molecule has 7 heteroatoms. The number of nitrogens with zero attached hydrogens (tertiary/aromatic N) is 1. The zero-order valence-corrected chi connectivity index (χ0v) is 17.0. The molecule has 1 heterocycles. The highest BCUT2D eigenvalue weighted by Gasteiger charge is 2.22.